The van der Waals surface area contributed by atoms with Crippen LogP contribution in [0, 0.1) is 0 Å². The molecule has 0 atom stereocenters. The van der Waals surface area contributed by atoms with Gasteiger partial charge in [0, 0.05) is 32.0 Å². The fraction of sp³-hybridized carbons (Fsp3) is 0.455. The molecule has 0 spiro atoms. The van der Waals surface area contributed by atoms with E-state index in [1.54, 1.807) is 22.0 Å². The first-order chi connectivity index (χ1) is 9.28. The third-order valence-electron chi connectivity index (χ3n) is 3.15. The van der Waals surface area contributed by atoms with Gasteiger partial charge in [0.25, 0.3) is 5.91 Å². The molecule has 100 valence electrons. The number of hydrogen-bond acceptors (Lipinski definition) is 5. The average molecular weight is 261 g/mol. The van der Waals surface area contributed by atoms with Crippen LogP contribution in [0.1, 0.15) is 16.3 Å². The lowest BCUT2D eigenvalue weighted by atomic mass is 10.3. The Balaban J connectivity index is 1.74. The summed E-state index contributed by atoms with van der Waals surface area (Å²) < 4.78 is 3.63. The first kappa shape index (κ1) is 11.8. The molecule has 0 bridgehead atoms. The zero-order valence-corrected chi connectivity index (χ0v) is 10.4. The zero-order chi connectivity index (χ0) is 13.2. The molecule has 1 amide bonds. The molecule has 0 radical (unpaired) electrons. The number of aromatic nitrogens is 5. The van der Waals surface area contributed by atoms with Crippen LogP contribution in [0.15, 0.2) is 18.6 Å². The number of carbonyl (C=O) groups excluding carboxylic acids is 1. The van der Waals surface area contributed by atoms with Crippen molar-refractivity contribution in [2.45, 2.75) is 19.6 Å². The summed E-state index contributed by atoms with van der Waals surface area (Å²) in [6, 6.07) is 0. The van der Waals surface area contributed by atoms with Crippen LogP contribution in [0.25, 0.3) is 0 Å². The molecular formula is C11H15N7O. The van der Waals surface area contributed by atoms with Crippen molar-refractivity contribution in [1.82, 2.24) is 29.4 Å². The van der Waals surface area contributed by atoms with Crippen molar-refractivity contribution in [2.24, 2.45) is 5.73 Å². The molecule has 3 rings (SSSR count). The van der Waals surface area contributed by atoms with Gasteiger partial charge in [-0.2, -0.15) is 0 Å². The summed E-state index contributed by atoms with van der Waals surface area (Å²) in [5.74, 6) is 0.784. The number of rotatable bonds is 3. The molecule has 19 heavy (non-hydrogen) atoms. The van der Waals surface area contributed by atoms with Gasteiger partial charge in [0.05, 0.1) is 19.3 Å². The highest BCUT2D eigenvalue weighted by molar-refractivity contribution is 5.91. The standard InChI is InChI=1S/C11H15N7O/c12-1-3-18-7-9(14-15-18)11(19)17-6-5-16-4-2-13-10(16)8-17/h2,4,7H,1,3,5-6,8,12H2. The van der Waals surface area contributed by atoms with Crippen LogP contribution in [0.3, 0.4) is 0 Å². The van der Waals surface area contributed by atoms with E-state index in [2.05, 4.69) is 19.9 Å². The predicted octanol–water partition coefficient (Wildman–Crippen LogP) is -0.911. The first-order valence-corrected chi connectivity index (χ1v) is 6.17. The lowest BCUT2D eigenvalue weighted by Crippen LogP contribution is -2.38. The molecule has 0 aromatic carbocycles. The number of nitrogens with zero attached hydrogens (tertiary/aromatic N) is 6. The maximum Gasteiger partial charge on any atom is 0.276 e. The topological polar surface area (TPSA) is 94.9 Å². The molecule has 0 saturated heterocycles. The Morgan fingerprint density at radius 1 is 1.42 bits per heavy atom. The predicted molar refractivity (Wildman–Crippen MR) is 66.0 cm³/mol. The summed E-state index contributed by atoms with van der Waals surface area (Å²) in [4.78, 5) is 18.3. The van der Waals surface area contributed by atoms with Crippen molar-refractivity contribution in [1.29, 1.82) is 0 Å². The Morgan fingerprint density at radius 3 is 3.16 bits per heavy atom. The second-order valence-corrected chi connectivity index (χ2v) is 4.42. The fourth-order valence-electron chi connectivity index (χ4n) is 2.15. The second kappa shape index (κ2) is 4.81. The smallest absolute Gasteiger partial charge is 0.276 e. The molecule has 3 heterocycles. The second-order valence-electron chi connectivity index (χ2n) is 4.42. The van der Waals surface area contributed by atoms with Crippen LogP contribution in [-0.4, -0.2) is 48.4 Å². The molecule has 1 aliphatic heterocycles. The maximum absolute atomic E-state index is 12.3. The van der Waals surface area contributed by atoms with E-state index in [1.165, 1.54) is 0 Å². The molecule has 2 N–H and O–H groups in total. The van der Waals surface area contributed by atoms with Gasteiger partial charge < -0.3 is 15.2 Å². The Bertz CT molecular complexity index is 587. The number of hydrogen-bond donors (Lipinski definition) is 1. The van der Waals surface area contributed by atoms with Gasteiger partial charge >= 0.3 is 0 Å². The minimum atomic E-state index is -0.113. The molecule has 2 aromatic rings. The Kier molecular flexibility index (Phi) is 3.00. The fourth-order valence-corrected chi connectivity index (χ4v) is 2.15. The van der Waals surface area contributed by atoms with E-state index >= 15 is 0 Å². The molecule has 0 aliphatic carbocycles. The van der Waals surface area contributed by atoms with E-state index in [1.807, 2.05) is 6.20 Å². The number of fused-ring (bicyclic) bond motifs is 1. The SMILES string of the molecule is NCCn1cc(C(=O)N2CCn3ccnc3C2)nn1. The Hall–Kier alpha value is -2.22. The highest BCUT2D eigenvalue weighted by Gasteiger charge is 2.24. The molecule has 0 fully saturated rings. The highest BCUT2D eigenvalue weighted by Crippen LogP contribution is 2.12. The number of nitrogens with two attached hydrogens (primary N) is 1. The molecule has 1 aliphatic rings. The number of imidazole rings is 1. The summed E-state index contributed by atoms with van der Waals surface area (Å²) in [7, 11) is 0. The van der Waals surface area contributed by atoms with Crippen molar-refractivity contribution in [2.75, 3.05) is 13.1 Å². The van der Waals surface area contributed by atoms with Crippen LogP contribution < -0.4 is 5.73 Å². The Labute approximate surface area is 109 Å². The normalized spacial score (nSPS) is 14.5. The van der Waals surface area contributed by atoms with E-state index < -0.39 is 0 Å². The van der Waals surface area contributed by atoms with Crippen molar-refractivity contribution in [3.63, 3.8) is 0 Å². The van der Waals surface area contributed by atoms with Crippen molar-refractivity contribution < 1.29 is 4.79 Å². The van der Waals surface area contributed by atoms with Crippen LogP contribution in [0.5, 0.6) is 0 Å². The Morgan fingerprint density at radius 2 is 2.32 bits per heavy atom. The molecule has 0 saturated carbocycles. The summed E-state index contributed by atoms with van der Waals surface area (Å²) in [5.41, 5.74) is 5.79. The van der Waals surface area contributed by atoms with E-state index in [0.717, 1.165) is 12.4 Å². The summed E-state index contributed by atoms with van der Waals surface area (Å²) in [5, 5.41) is 7.77. The van der Waals surface area contributed by atoms with Gasteiger partial charge in [0.2, 0.25) is 0 Å². The lowest BCUT2D eigenvalue weighted by molar-refractivity contribution is 0.0701. The summed E-state index contributed by atoms with van der Waals surface area (Å²) >= 11 is 0. The molecule has 8 heteroatoms. The highest BCUT2D eigenvalue weighted by atomic mass is 16.2. The van der Waals surface area contributed by atoms with Gasteiger partial charge in [-0.25, -0.2) is 4.98 Å². The monoisotopic (exact) mass is 261 g/mol. The molecule has 2 aromatic heterocycles. The van der Waals surface area contributed by atoms with Crippen LogP contribution in [-0.2, 0) is 19.6 Å². The van der Waals surface area contributed by atoms with Crippen molar-refractivity contribution in [3.8, 4) is 0 Å². The van der Waals surface area contributed by atoms with Gasteiger partial charge in [-0.1, -0.05) is 5.21 Å². The summed E-state index contributed by atoms with van der Waals surface area (Å²) in [6.07, 6.45) is 5.31. The number of carbonyl (C=O) groups is 1. The van der Waals surface area contributed by atoms with Crippen LogP contribution >= 0.6 is 0 Å². The lowest BCUT2D eigenvalue weighted by Gasteiger charge is -2.26. The van der Waals surface area contributed by atoms with E-state index in [4.69, 9.17) is 5.73 Å². The van der Waals surface area contributed by atoms with E-state index in [0.29, 0.717) is 31.9 Å². The van der Waals surface area contributed by atoms with Crippen LogP contribution in [0.2, 0.25) is 0 Å². The third kappa shape index (κ3) is 2.22. The van der Waals surface area contributed by atoms with Gasteiger partial charge in [-0.05, 0) is 0 Å². The quantitative estimate of drug-likeness (QED) is 0.771. The average Bonchev–Trinajstić information content (AvgIpc) is 3.05. The summed E-state index contributed by atoms with van der Waals surface area (Å²) in [6.45, 7) is 2.96. The first-order valence-electron chi connectivity index (χ1n) is 6.17. The van der Waals surface area contributed by atoms with Gasteiger partial charge in [-0.15, -0.1) is 5.10 Å². The van der Waals surface area contributed by atoms with Crippen LogP contribution in [0.4, 0.5) is 0 Å². The molecule has 0 unspecified atom stereocenters. The van der Waals surface area contributed by atoms with Gasteiger partial charge in [0.15, 0.2) is 5.69 Å². The van der Waals surface area contributed by atoms with Crippen molar-refractivity contribution in [3.05, 3.63) is 30.1 Å². The minimum absolute atomic E-state index is 0.113. The molecular weight excluding hydrogens is 246 g/mol. The van der Waals surface area contributed by atoms with Gasteiger partial charge in [-0.3, -0.25) is 9.48 Å². The zero-order valence-electron chi connectivity index (χ0n) is 10.4. The van der Waals surface area contributed by atoms with Crippen molar-refractivity contribution >= 4 is 5.91 Å². The van der Waals surface area contributed by atoms with Gasteiger partial charge in [0.1, 0.15) is 5.82 Å². The van der Waals surface area contributed by atoms with E-state index in [-0.39, 0.29) is 5.91 Å². The molecule has 8 nitrogen and oxygen atoms in total. The maximum atomic E-state index is 12.3. The minimum Gasteiger partial charge on any atom is -0.332 e. The van der Waals surface area contributed by atoms with E-state index in [9.17, 15) is 4.79 Å². The third-order valence-corrected chi connectivity index (χ3v) is 3.15. The number of amides is 1. The largest absolute Gasteiger partial charge is 0.332 e.